The lowest BCUT2D eigenvalue weighted by atomic mass is 10.1. The van der Waals surface area contributed by atoms with Gasteiger partial charge in [0, 0.05) is 18.9 Å². The highest BCUT2D eigenvalue weighted by atomic mass is 16.5. The highest BCUT2D eigenvalue weighted by Gasteiger charge is 2.26. The van der Waals surface area contributed by atoms with Gasteiger partial charge in [-0.05, 0) is 55.9 Å². The molecule has 2 aromatic carbocycles. The SMILES string of the molecule is CCOc1ccccc1OC1CCCN(c2ncc(C(=O)N[C@H]3CCc4ccccc43)cn2)C1. The van der Waals surface area contributed by atoms with E-state index in [0.717, 1.165) is 43.7 Å². The van der Waals surface area contributed by atoms with Crippen LogP contribution in [0.3, 0.4) is 0 Å². The van der Waals surface area contributed by atoms with Crippen molar-refractivity contribution in [2.24, 2.45) is 0 Å². The van der Waals surface area contributed by atoms with E-state index in [2.05, 4.69) is 32.3 Å². The number of rotatable bonds is 7. The largest absolute Gasteiger partial charge is 0.490 e. The van der Waals surface area contributed by atoms with Gasteiger partial charge in [-0.15, -0.1) is 0 Å². The molecule has 1 aliphatic heterocycles. The quantitative estimate of drug-likeness (QED) is 0.568. The van der Waals surface area contributed by atoms with Crippen molar-refractivity contribution < 1.29 is 14.3 Å². The van der Waals surface area contributed by atoms with E-state index in [-0.39, 0.29) is 18.1 Å². The number of hydrogen-bond acceptors (Lipinski definition) is 6. The number of fused-ring (bicyclic) bond motifs is 1. The Labute approximate surface area is 200 Å². The fraction of sp³-hybridized carbons (Fsp3) is 0.370. The number of amides is 1. The summed E-state index contributed by atoms with van der Waals surface area (Å²) < 4.78 is 12.0. The van der Waals surface area contributed by atoms with Crippen LogP contribution in [0.5, 0.6) is 11.5 Å². The lowest BCUT2D eigenvalue weighted by Gasteiger charge is -2.33. The van der Waals surface area contributed by atoms with Gasteiger partial charge in [-0.3, -0.25) is 4.79 Å². The van der Waals surface area contributed by atoms with Crippen molar-refractivity contribution >= 4 is 11.9 Å². The molecule has 0 bridgehead atoms. The summed E-state index contributed by atoms with van der Waals surface area (Å²) in [6.45, 7) is 4.10. The molecule has 34 heavy (non-hydrogen) atoms. The Morgan fingerprint density at radius 1 is 1.06 bits per heavy atom. The van der Waals surface area contributed by atoms with E-state index in [1.54, 1.807) is 12.4 Å². The van der Waals surface area contributed by atoms with Crippen LogP contribution < -0.4 is 19.7 Å². The Morgan fingerprint density at radius 2 is 1.82 bits per heavy atom. The fourth-order valence-electron chi connectivity index (χ4n) is 4.77. The Morgan fingerprint density at radius 3 is 2.65 bits per heavy atom. The first-order chi connectivity index (χ1) is 16.7. The summed E-state index contributed by atoms with van der Waals surface area (Å²) in [7, 11) is 0. The molecule has 1 fully saturated rings. The van der Waals surface area contributed by atoms with Crippen molar-refractivity contribution in [1.29, 1.82) is 0 Å². The molecular formula is C27H30N4O3. The van der Waals surface area contributed by atoms with E-state index in [4.69, 9.17) is 9.47 Å². The number of nitrogens with one attached hydrogen (secondary N) is 1. The van der Waals surface area contributed by atoms with Crippen LogP contribution in [0.15, 0.2) is 60.9 Å². The zero-order valence-electron chi connectivity index (χ0n) is 19.4. The number of nitrogens with zero attached hydrogens (tertiary/aromatic N) is 3. The van der Waals surface area contributed by atoms with Crippen LogP contribution in [0.4, 0.5) is 5.95 Å². The van der Waals surface area contributed by atoms with Crippen LogP contribution in [0, 0.1) is 0 Å². The smallest absolute Gasteiger partial charge is 0.254 e. The highest BCUT2D eigenvalue weighted by molar-refractivity contribution is 5.94. The molecule has 2 heterocycles. The van der Waals surface area contributed by atoms with Crippen LogP contribution in [0.25, 0.3) is 0 Å². The van der Waals surface area contributed by atoms with E-state index < -0.39 is 0 Å². The number of carbonyl (C=O) groups is 1. The van der Waals surface area contributed by atoms with E-state index in [0.29, 0.717) is 24.7 Å². The number of para-hydroxylation sites is 2. The average Bonchev–Trinajstić information content (AvgIpc) is 3.28. The van der Waals surface area contributed by atoms with Crippen LogP contribution in [-0.4, -0.2) is 41.7 Å². The molecule has 7 nitrogen and oxygen atoms in total. The molecule has 1 N–H and O–H groups in total. The van der Waals surface area contributed by atoms with Crippen molar-refractivity contribution in [1.82, 2.24) is 15.3 Å². The van der Waals surface area contributed by atoms with Crippen molar-refractivity contribution in [2.45, 2.75) is 44.8 Å². The van der Waals surface area contributed by atoms with Gasteiger partial charge in [0.2, 0.25) is 5.95 Å². The Bertz CT molecular complexity index is 1130. The van der Waals surface area contributed by atoms with Crippen molar-refractivity contribution in [2.75, 3.05) is 24.6 Å². The minimum absolute atomic E-state index is 0.0179. The average molecular weight is 459 g/mol. The predicted octanol–water partition coefficient (Wildman–Crippen LogP) is 4.34. The second-order valence-corrected chi connectivity index (χ2v) is 8.74. The fourth-order valence-corrected chi connectivity index (χ4v) is 4.77. The molecule has 1 aliphatic carbocycles. The number of ether oxygens (including phenoxy) is 2. The van der Waals surface area contributed by atoms with E-state index in [9.17, 15) is 4.79 Å². The first kappa shape index (κ1) is 22.2. The highest BCUT2D eigenvalue weighted by Crippen LogP contribution is 2.31. The molecule has 3 aromatic rings. The minimum Gasteiger partial charge on any atom is -0.490 e. The standard InChI is InChI=1S/C27H30N4O3/c1-2-33-24-11-5-6-12-25(24)34-21-9-7-15-31(18-21)27-28-16-20(17-29-27)26(32)30-23-14-13-19-8-3-4-10-22(19)23/h3-6,8,10-12,16-17,21,23H,2,7,9,13-15,18H2,1H3,(H,30,32)/t21?,23-/m0/s1. The molecular weight excluding hydrogens is 428 g/mol. The number of anilines is 1. The Balaban J connectivity index is 1.21. The summed E-state index contributed by atoms with van der Waals surface area (Å²) in [5.41, 5.74) is 2.99. The molecule has 2 aliphatic rings. The Kier molecular flexibility index (Phi) is 6.60. The molecule has 1 amide bonds. The molecule has 2 atom stereocenters. The lowest BCUT2D eigenvalue weighted by Crippen LogP contribution is -2.42. The molecule has 1 unspecified atom stereocenters. The molecule has 1 aromatic heterocycles. The second-order valence-electron chi connectivity index (χ2n) is 8.74. The third kappa shape index (κ3) is 4.83. The number of carbonyl (C=O) groups excluding carboxylic acids is 1. The summed E-state index contributed by atoms with van der Waals surface area (Å²) in [5.74, 6) is 2.01. The van der Waals surface area contributed by atoms with E-state index in [1.807, 2.05) is 43.3 Å². The summed E-state index contributed by atoms with van der Waals surface area (Å²) in [4.78, 5) is 23.9. The number of aromatic nitrogens is 2. The lowest BCUT2D eigenvalue weighted by molar-refractivity contribution is 0.0936. The van der Waals surface area contributed by atoms with Crippen LogP contribution in [0.1, 0.15) is 53.7 Å². The minimum atomic E-state index is -0.138. The first-order valence-electron chi connectivity index (χ1n) is 12.1. The van der Waals surface area contributed by atoms with Gasteiger partial charge in [0.25, 0.3) is 5.91 Å². The van der Waals surface area contributed by atoms with Crippen LogP contribution in [-0.2, 0) is 6.42 Å². The maximum absolute atomic E-state index is 12.8. The summed E-state index contributed by atoms with van der Waals surface area (Å²) >= 11 is 0. The van der Waals surface area contributed by atoms with Crippen molar-refractivity contribution in [3.05, 3.63) is 77.6 Å². The molecule has 5 rings (SSSR count). The monoisotopic (exact) mass is 458 g/mol. The number of hydrogen-bond donors (Lipinski definition) is 1. The number of benzene rings is 2. The molecule has 0 radical (unpaired) electrons. The van der Waals surface area contributed by atoms with Gasteiger partial charge in [0.15, 0.2) is 11.5 Å². The van der Waals surface area contributed by atoms with Crippen LogP contribution in [0.2, 0.25) is 0 Å². The molecule has 176 valence electrons. The van der Waals surface area contributed by atoms with Gasteiger partial charge >= 0.3 is 0 Å². The molecule has 0 saturated carbocycles. The van der Waals surface area contributed by atoms with Gasteiger partial charge in [-0.25, -0.2) is 9.97 Å². The van der Waals surface area contributed by atoms with E-state index in [1.165, 1.54) is 11.1 Å². The number of piperidine rings is 1. The maximum atomic E-state index is 12.8. The summed E-state index contributed by atoms with van der Waals surface area (Å²) in [6.07, 6.45) is 7.11. The normalized spacial score (nSPS) is 19.4. The third-order valence-corrected chi connectivity index (χ3v) is 6.44. The predicted molar refractivity (Wildman–Crippen MR) is 130 cm³/mol. The number of aryl methyl sites for hydroxylation is 1. The molecule has 7 heteroatoms. The van der Waals surface area contributed by atoms with Gasteiger partial charge < -0.3 is 19.7 Å². The zero-order valence-corrected chi connectivity index (χ0v) is 19.4. The van der Waals surface area contributed by atoms with Crippen LogP contribution >= 0.6 is 0 Å². The second kappa shape index (κ2) is 10.1. The summed E-state index contributed by atoms with van der Waals surface area (Å²) in [6, 6.07) is 16.1. The molecule has 1 saturated heterocycles. The van der Waals surface area contributed by atoms with Gasteiger partial charge in [-0.2, -0.15) is 0 Å². The van der Waals surface area contributed by atoms with E-state index >= 15 is 0 Å². The summed E-state index contributed by atoms with van der Waals surface area (Å²) in [5, 5.41) is 3.14. The van der Waals surface area contributed by atoms with Gasteiger partial charge in [-0.1, -0.05) is 36.4 Å². The first-order valence-corrected chi connectivity index (χ1v) is 12.1. The Hall–Kier alpha value is -3.61. The topological polar surface area (TPSA) is 76.6 Å². The van der Waals surface area contributed by atoms with Crippen molar-refractivity contribution in [3.63, 3.8) is 0 Å². The van der Waals surface area contributed by atoms with Gasteiger partial charge in [0.05, 0.1) is 24.8 Å². The van der Waals surface area contributed by atoms with Gasteiger partial charge in [0.1, 0.15) is 6.10 Å². The van der Waals surface area contributed by atoms with Crippen molar-refractivity contribution in [3.8, 4) is 11.5 Å². The third-order valence-electron chi connectivity index (χ3n) is 6.44. The zero-order chi connectivity index (χ0) is 23.3. The molecule has 0 spiro atoms. The maximum Gasteiger partial charge on any atom is 0.254 e.